The third kappa shape index (κ3) is 3.59. The van der Waals surface area contributed by atoms with E-state index in [1.165, 1.54) is 25.7 Å². The van der Waals surface area contributed by atoms with Gasteiger partial charge in [-0.25, -0.2) is 0 Å². The second-order valence-corrected chi connectivity index (χ2v) is 8.66. The molecule has 0 unspecified atom stereocenters. The van der Waals surface area contributed by atoms with Crippen LogP contribution in [0.5, 0.6) is 0 Å². The van der Waals surface area contributed by atoms with Gasteiger partial charge < -0.3 is 15.0 Å². The lowest BCUT2D eigenvalue weighted by atomic mass is 9.84. The summed E-state index contributed by atoms with van der Waals surface area (Å²) in [5, 5.41) is 3.23. The minimum Gasteiger partial charge on any atom is -0.372 e. The number of hydrogen-bond donors (Lipinski definition) is 1. The standard InChI is InChI=1S/C21H31N3O2/c1-13-11-24(12-14(2)26-13)18-6-7-22-20(10-18)21(25)23-15(3)19-9-16-4-5-17(19)8-16/h6-7,10,13-17,19H,4-5,8-9,11-12H2,1-3H3,(H,23,25)/t13-,14+,15-,16+,17+,19+/m1/s1. The van der Waals surface area contributed by atoms with E-state index in [1.807, 2.05) is 12.1 Å². The summed E-state index contributed by atoms with van der Waals surface area (Å²) in [6.45, 7) is 8.04. The zero-order valence-electron chi connectivity index (χ0n) is 16.1. The fourth-order valence-electron chi connectivity index (χ4n) is 5.42. The minimum absolute atomic E-state index is 0.0449. The Balaban J connectivity index is 1.41. The average molecular weight is 357 g/mol. The maximum atomic E-state index is 12.8. The molecule has 2 bridgehead atoms. The van der Waals surface area contributed by atoms with E-state index in [9.17, 15) is 4.79 Å². The number of morpholine rings is 1. The van der Waals surface area contributed by atoms with E-state index in [0.29, 0.717) is 11.6 Å². The minimum atomic E-state index is -0.0449. The number of ether oxygens (including phenoxy) is 1. The van der Waals surface area contributed by atoms with Gasteiger partial charge in [-0.05, 0) is 69.9 Å². The molecule has 6 atom stereocenters. The molecule has 5 heteroatoms. The number of carbonyl (C=O) groups excluding carboxylic acids is 1. The van der Waals surface area contributed by atoms with E-state index in [2.05, 4.69) is 36.0 Å². The Bertz CT molecular complexity index is 654. The molecule has 1 N–H and O–H groups in total. The molecule has 5 nitrogen and oxygen atoms in total. The average Bonchev–Trinajstić information content (AvgIpc) is 3.24. The number of anilines is 1. The van der Waals surface area contributed by atoms with Crippen LogP contribution in [0.1, 0.15) is 56.9 Å². The second-order valence-electron chi connectivity index (χ2n) is 8.66. The van der Waals surface area contributed by atoms with Gasteiger partial charge in [0.1, 0.15) is 5.69 Å². The lowest BCUT2D eigenvalue weighted by Gasteiger charge is -2.36. The van der Waals surface area contributed by atoms with Crippen molar-refractivity contribution in [2.75, 3.05) is 18.0 Å². The molecular formula is C21H31N3O2. The molecule has 26 heavy (non-hydrogen) atoms. The monoisotopic (exact) mass is 357 g/mol. The van der Waals surface area contributed by atoms with Crippen LogP contribution in [0.15, 0.2) is 18.3 Å². The fraction of sp³-hybridized carbons (Fsp3) is 0.714. The number of carbonyl (C=O) groups is 1. The number of nitrogens with zero attached hydrogens (tertiary/aromatic N) is 2. The molecular weight excluding hydrogens is 326 g/mol. The zero-order valence-corrected chi connectivity index (χ0v) is 16.1. The number of pyridine rings is 1. The van der Waals surface area contributed by atoms with Gasteiger partial charge in [0.05, 0.1) is 12.2 Å². The molecule has 2 saturated carbocycles. The van der Waals surface area contributed by atoms with Crippen molar-refractivity contribution in [3.8, 4) is 0 Å². The highest BCUT2D eigenvalue weighted by atomic mass is 16.5. The Morgan fingerprint density at radius 2 is 2.04 bits per heavy atom. The van der Waals surface area contributed by atoms with Crippen molar-refractivity contribution in [1.29, 1.82) is 0 Å². The van der Waals surface area contributed by atoms with Crippen LogP contribution >= 0.6 is 0 Å². The van der Waals surface area contributed by atoms with E-state index in [4.69, 9.17) is 4.74 Å². The largest absolute Gasteiger partial charge is 0.372 e. The molecule has 3 fully saturated rings. The summed E-state index contributed by atoms with van der Waals surface area (Å²) in [6.07, 6.45) is 7.52. The maximum Gasteiger partial charge on any atom is 0.270 e. The predicted molar refractivity (Wildman–Crippen MR) is 102 cm³/mol. The molecule has 1 aromatic heterocycles. The summed E-state index contributed by atoms with van der Waals surface area (Å²) in [4.78, 5) is 19.4. The van der Waals surface area contributed by atoms with E-state index in [-0.39, 0.29) is 24.2 Å². The Kier molecular flexibility index (Phi) is 4.91. The van der Waals surface area contributed by atoms with Gasteiger partial charge in [-0.1, -0.05) is 6.42 Å². The molecule has 1 saturated heterocycles. The zero-order chi connectivity index (χ0) is 18.3. The van der Waals surface area contributed by atoms with Crippen LogP contribution in [-0.2, 0) is 4.74 Å². The molecule has 0 aromatic carbocycles. The van der Waals surface area contributed by atoms with Gasteiger partial charge in [0.25, 0.3) is 5.91 Å². The van der Waals surface area contributed by atoms with Gasteiger partial charge >= 0.3 is 0 Å². The van der Waals surface area contributed by atoms with Crippen LogP contribution in [0, 0.1) is 17.8 Å². The van der Waals surface area contributed by atoms with Crippen LogP contribution in [0.3, 0.4) is 0 Å². The SMILES string of the molecule is C[C@@H]1CN(c2ccnc(C(=O)N[C@H](C)[C@@H]3C[C@H]4CC[C@H]3C4)c2)C[C@H](C)O1. The molecule has 2 aliphatic carbocycles. The van der Waals surface area contributed by atoms with Crippen molar-refractivity contribution in [3.05, 3.63) is 24.0 Å². The number of amides is 1. The van der Waals surface area contributed by atoms with Gasteiger partial charge in [-0.2, -0.15) is 0 Å². The molecule has 1 aromatic rings. The summed E-state index contributed by atoms with van der Waals surface area (Å²) >= 11 is 0. The molecule has 1 amide bonds. The topological polar surface area (TPSA) is 54.5 Å². The summed E-state index contributed by atoms with van der Waals surface area (Å²) in [7, 11) is 0. The van der Waals surface area contributed by atoms with Crippen molar-refractivity contribution < 1.29 is 9.53 Å². The Morgan fingerprint density at radius 1 is 1.27 bits per heavy atom. The maximum absolute atomic E-state index is 12.8. The van der Waals surface area contributed by atoms with E-state index < -0.39 is 0 Å². The van der Waals surface area contributed by atoms with Crippen LogP contribution in [-0.4, -0.2) is 42.2 Å². The van der Waals surface area contributed by atoms with Crippen LogP contribution in [0.25, 0.3) is 0 Å². The lowest BCUT2D eigenvalue weighted by Crippen LogP contribution is -2.45. The first kappa shape index (κ1) is 17.8. The van der Waals surface area contributed by atoms with Crippen molar-refractivity contribution in [3.63, 3.8) is 0 Å². The van der Waals surface area contributed by atoms with Gasteiger partial charge in [-0.15, -0.1) is 0 Å². The van der Waals surface area contributed by atoms with E-state index in [1.54, 1.807) is 6.20 Å². The molecule has 2 heterocycles. The predicted octanol–water partition coefficient (Wildman–Crippen LogP) is 3.25. The highest BCUT2D eigenvalue weighted by Gasteiger charge is 2.42. The smallest absolute Gasteiger partial charge is 0.270 e. The normalized spacial score (nSPS) is 34.7. The van der Waals surface area contributed by atoms with Crippen molar-refractivity contribution in [2.45, 2.75) is 64.7 Å². The molecule has 0 radical (unpaired) electrons. The Morgan fingerprint density at radius 3 is 2.69 bits per heavy atom. The fourth-order valence-corrected chi connectivity index (χ4v) is 5.42. The number of rotatable bonds is 4. The first-order valence-electron chi connectivity index (χ1n) is 10.2. The molecule has 3 aliphatic rings. The van der Waals surface area contributed by atoms with Gasteiger partial charge in [0.2, 0.25) is 0 Å². The Labute approximate surface area is 156 Å². The van der Waals surface area contributed by atoms with Crippen molar-refractivity contribution in [1.82, 2.24) is 10.3 Å². The molecule has 4 rings (SSSR count). The van der Waals surface area contributed by atoms with Crippen molar-refractivity contribution >= 4 is 11.6 Å². The third-order valence-electron chi connectivity index (χ3n) is 6.55. The molecule has 1 aliphatic heterocycles. The number of fused-ring (bicyclic) bond motifs is 2. The van der Waals surface area contributed by atoms with E-state index in [0.717, 1.165) is 30.6 Å². The number of hydrogen-bond acceptors (Lipinski definition) is 4. The van der Waals surface area contributed by atoms with Crippen molar-refractivity contribution in [2.24, 2.45) is 17.8 Å². The van der Waals surface area contributed by atoms with Crippen LogP contribution in [0.4, 0.5) is 5.69 Å². The Hall–Kier alpha value is -1.62. The van der Waals surface area contributed by atoms with Gasteiger partial charge in [0, 0.05) is 31.0 Å². The number of nitrogens with one attached hydrogen (secondary N) is 1. The quantitative estimate of drug-likeness (QED) is 0.899. The van der Waals surface area contributed by atoms with Crippen LogP contribution in [0.2, 0.25) is 0 Å². The molecule has 0 spiro atoms. The van der Waals surface area contributed by atoms with E-state index >= 15 is 0 Å². The summed E-state index contributed by atoms with van der Waals surface area (Å²) in [6, 6.07) is 4.14. The lowest BCUT2D eigenvalue weighted by molar-refractivity contribution is -0.00522. The number of aromatic nitrogens is 1. The highest BCUT2D eigenvalue weighted by molar-refractivity contribution is 5.93. The first-order chi connectivity index (χ1) is 12.5. The molecule has 142 valence electrons. The van der Waals surface area contributed by atoms with Crippen LogP contribution < -0.4 is 10.2 Å². The van der Waals surface area contributed by atoms with Gasteiger partial charge in [0.15, 0.2) is 0 Å². The highest BCUT2D eigenvalue weighted by Crippen LogP contribution is 2.49. The summed E-state index contributed by atoms with van der Waals surface area (Å²) in [5.41, 5.74) is 1.57. The second kappa shape index (κ2) is 7.18. The first-order valence-corrected chi connectivity index (χ1v) is 10.2. The van der Waals surface area contributed by atoms with Gasteiger partial charge in [-0.3, -0.25) is 9.78 Å². The summed E-state index contributed by atoms with van der Waals surface area (Å²) in [5.74, 6) is 2.31. The summed E-state index contributed by atoms with van der Waals surface area (Å²) < 4.78 is 5.81. The third-order valence-corrected chi connectivity index (χ3v) is 6.55.